The summed E-state index contributed by atoms with van der Waals surface area (Å²) in [7, 11) is 0. The third kappa shape index (κ3) is 2.66. The smallest absolute Gasteiger partial charge is 0.109 e. The fraction of sp³-hybridized carbons (Fsp3) is 0.600. The number of benzene rings is 1. The van der Waals surface area contributed by atoms with Crippen LogP contribution in [0.25, 0.3) is 0 Å². The minimum atomic E-state index is -0.238. The highest BCUT2D eigenvalue weighted by Crippen LogP contribution is 2.43. The van der Waals surface area contributed by atoms with Crippen molar-refractivity contribution < 1.29 is 4.74 Å². The molecule has 1 aromatic rings. The number of ether oxygens (including phenoxy) is 1. The van der Waals surface area contributed by atoms with Gasteiger partial charge in [-0.25, -0.2) is 0 Å². The second-order valence-corrected chi connectivity index (χ2v) is 5.34. The number of hydrogen-bond acceptors (Lipinski definition) is 1. The largest absolute Gasteiger partial charge is 0.369 e. The molecule has 0 spiro atoms. The first kappa shape index (κ1) is 12.9. The van der Waals surface area contributed by atoms with E-state index in [4.69, 9.17) is 16.3 Å². The Morgan fingerprint density at radius 3 is 2.65 bits per heavy atom. The van der Waals surface area contributed by atoms with Gasteiger partial charge in [-0.3, -0.25) is 0 Å². The van der Waals surface area contributed by atoms with Gasteiger partial charge in [-0.1, -0.05) is 56.5 Å². The number of unbranched alkanes of at least 4 members (excludes halogenated alkanes) is 2. The Balaban J connectivity index is 2.18. The number of alkyl halides is 1. The lowest BCUT2D eigenvalue weighted by Gasteiger charge is -2.32. The van der Waals surface area contributed by atoms with E-state index in [0.29, 0.717) is 0 Å². The van der Waals surface area contributed by atoms with E-state index in [0.717, 1.165) is 19.4 Å². The van der Waals surface area contributed by atoms with Gasteiger partial charge in [0, 0.05) is 6.61 Å². The van der Waals surface area contributed by atoms with Crippen LogP contribution in [0.3, 0.4) is 0 Å². The minimum absolute atomic E-state index is 0.113. The first-order valence-electron chi connectivity index (χ1n) is 6.63. The van der Waals surface area contributed by atoms with Crippen LogP contribution in [-0.4, -0.2) is 12.0 Å². The molecule has 2 heteroatoms. The molecule has 1 heterocycles. The van der Waals surface area contributed by atoms with Crippen molar-refractivity contribution in [2.45, 2.75) is 50.0 Å². The molecule has 0 unspecified atom stereocenters. The van der Waals surface area contributed by atoms with E-state index in [-0.39, 0.29) is 11.0 Å². The molecule has 2 rings (SSSR count). The monoisotopic (exact) mass is 252 g/mol. The van der Waals surface area contributed by atoms with E-state index in [1.54, 1.807) is 0 Å². The van der Waals surface area contributed by atoms with E-state index in [1.165, 1.54) is 24.8 Å². The number of halogens is 1. The van der Waals surface area contributed by atoms with Gasteiger partial charge < -0.3 is 4.74 Å². The lowest BCUT2D eigenvalue weighted by molar-refractivity contribution is -0.00707. The van der Waals surface area contributed by atoms with Gasteiger partial charge in [0.05, 0.1) is 5.38 Å². The molecule has 1 aliphatic rings. The Morgan fingerprint density at radius 1 is 1.29 bits per heavy atom. The zero-order valence-electron chi connectivity index (χ0n) is 10.5. The average Bonchev–Trinajstić information content (AvgIpc) is 2.74. The van der Waals surface area contributed by atoms with Crippen molar-refractivity contribution in [1.82, 2.24) is 0 Å². The van der Waals surface area contributed by atoms with Gasteiger partial charge in [-0.05, 0) is 18.4 Å². The molecule has 0 N–H and O–H groups in total. The summed E-state index contributed by atoms with van der Waals surface area (Å²) in [5.74, 6) is 0. The van der Waals surface area contributed by atoms with Crippen molar-refractivity contribution >= 4 is 11.6 Å². The molecule has 0 aliphatic carbocycles. The highest BCUT2D eigenvalue weighted by Gasteiger charge is 2.44. The molecule has 1 saturated heterocycles. The van der Waals surface area contributed by atoms with E-state index < -0.39 is 0 Å². The van der Waals surface area contributed by atoms with Crippen molar-refractivity contribution in [3.8, 4) is 0 Å². The SMILES string of the molecule is CCCCC[C@]1(c2ccccc2)OCC[C@H]1Cl. The third-order valence-corrected chi connectivity index (χ3v) is 4.22. The summed E-state index contributed by atoms with van der Waals surface area (Å²) >= 11 is 6.52. The number of rotatable bonds is 5. The van der Waals surface area contributed by atoms with E-state index in [2.05, 4.69) is 31.2 Å². The first-order valence-corrected chi connectivity index (χ1v) is 7.07. The summed E-state index contributed by atoms with van der Waals surface area (Å²) < 4.78 is 6.05. The molecule has 94 valence electrons. The van der Waals surface area contributed by atoms with E-state index >= 15 is 0 Å². The van der Waals surface area contributed by atoms with Gasteiger partial charge in [0.1, 0.15) is 5.60 Å². The van der Waals surface area contributed by atoms with Crippen LogP contribution in [0.4, 0.5) is 0 Å². The van der Waals surface area contributed by atoms with E-state index in [9.17, 15) is 0 Å². The fourth-order valence-corrected chi connectivity index (χ4v) is 3.05. The summed E-state index contributed by atoms with van der Waals surface area (Å²) in [5, 5.41) is 0.113. The Hall–Kier alpha value is -0.530. The zero-order valence-corrected chi connectivity index (χ0v) is 11.2. The Labute approximate surface area is 109 Å². The molecule has 1 nitrogen and oxygen atoms in total. The molecule has 1 fully saturated rings. The van der Waals surface area contributed by atoms with Gasteiger partial charge in [0.2, 0.25) is 0 Å². The molecular weight excluding hydrogens is 232 g/mol. The molecule has 0 bridgehead atoms. The lowest BCUT2D eigenvalue weighted by Crippen LogP contribution is -2.33. The molecule has 1 aliphatic heterocycles. The zero-order chi connectivity index (χ0) is 12.1. The highest BCUT2D eigenvalue weighted by atomic mass is 35.5. The molecule has 0 aromatic heterocycles. The maximum absolute atomic E-state index is 6.52. The molecule has 0 amide bonds. The van der Waals surface area contributed by atoms with E-state index in [1.807, 2.05) is 6.07 Å². The van der Waals surface area contributed by atoms with Crippen LogP contribution in [-0.2, 0) is 10.3 Å². The van der Waals surface area contributed by atoms with Crippen LogP contribution in [0.5, 0.6) is 0 Å². The summed E-state index contributed by atoms with van der Waals surface area (Å²) in [6.07, 6.45) is 5.68. The van der Waals surface area contributed by atoms with Crippen molar-refractivity contribution in [2.75, 3.05) is 6.61 Å². The second-order valence-electron chi connectivity index (χ2n) is 4.82. The lowest BCUT2D eigenvalue weighted by atomic mass is 9.85. The molecule has 2 atom stereocenters. The van der Waals surface area contributed by atoms with Crippen LogP contribution in [0.15, 0.2) is 30.3 Å². The average molecular weight is 253 g/mol. The van der Waals surface area contributed by atoms with Gasteiger partial charge in [0.25, 0.3) is 0 Å². The number of hydrogen-bond donors (Lipinski definition) is 0. The molecule has 0 saturated carbocycles. The third-order valence-electron chi connectivity index (χ3n) is 3.65. The highest BCUT2D eigenvalue weighted by molar-refractivity contribution is 6.21. The molecule has 0 radical (unpaired) electrons. The summed E-state index contributed by atoms with van der Waals surface area (Å²) in [6.45, 7) is 3.01. The molecule has 17 heavy (non-hydrogen) atoms. The Kier molecular flexibility index (Phi) is 4.47. The predicted molar refractivity (Wildman–Crippen MR) is 72.5 cm³/mol. The fourth-order valence-electron chi connectivity index (χ4n) is 2.66. The Bertz CT molecular complexity index is 338. The summed E-state index contributed by atoms with van der Waals surface area (Å²) in [4.78, 5) is 0. The van der Waals surface area contributed by atoms with Crippen molar-refractivity contribution in [1.29, 1.82) is 0 Å². The Morgan fingerprint density at radius 2 is 2.06 bits per heavy atom. The van der Waals surface area contributed by atoms with Gasteiger partial charge in [-0.2, -0.15) is 0 Å². The predicted octanol–water partition coefficient (Wildman–Crippen LogP) is 4.49. The second kappa shape index (κ2) is 5.88. The van der Waals surface area contributed by atoms with Crippen LogP contribution in [0.1, 0.15) is 44.6 Å². The van der Waals surface area contributed by atoms with Gasteiger partial charge >= 0.3 is 0 Å². The quantitative estimate of drug-likeness (QED) is 0.554. The first-order chi connectivity index (χ1) is 8.29. The summed E-state index contributed by atoms with van der Waals surface area (Å²) in [5.41, 5.74) is 1.01. The van der Waals surface area contributed by atoms with Crippen molar-refractivity contribution in [2.24, 2.45) is 0 Å². The van der Waals surface area contributed by atoms with Gasteiger partial charge in [0.15, 0.2) is 0 Å². The topological polar surface area (TPSA) is 9.23 Å². The normalized spacial score (nSPS) is 28.5. The van der Waals surface area contributed by atoms with Crippen molar-refractivity contribution in [3.63, 3.8) is 0 Å². The molecule has 1 aromatic carbocycles. The standard InChI is InChI=1S/C15H21ClO/c1-2-3-7-11-15(14(16)10-12-17-15)13-8-5-4-6-9-13/h4-6,8-9,14H,2-3,7,10-12H2,1H3/t14-,15-/m1/s1. The molecular formula is C15H21ClO. The summed E-state index contributed by atoms with van der Waals surface area (Å²) in [6, 6.07) is 10.5. The minimum Gasteiger partial charge on any atom is -0.369 e. The van der Waals surface area contributed by atoms with Crippen molar-refractivity contribution in [3.05, 3.63) is 35.9 Å². The maximum atomic E-state index is 6.52. The van der Waals surface area contributed by atoms with Gasteiger partial charge in [-0.15, -0.1) is 11.6 Å². The van der Waals surface area contributed by atoms with Crippen LogP contribution < -0.4 is 0 Å². The van der Waals surface area contributed by atoms with Crippen LogP contribution >= 0.6 is 11.6 Å². The maximum Gasteiger partial charge on any atom is 0.109 e. The van der Waals surface area contributed by atoms with Crippen LogP contribution in [0, 0.1) is 0 Å². The van der Waals surface area contributed by atoms with Crippen LogP contribution in [0.2, 0.25) is 0 Å².